The normalized spacial score (nSPS) is 12.6. The van der Waals surface area contributed by atoms with E-state index in [1.807, 2.05) is 30.3 Å². The van der Waals surface area contributed by atoms with Crippen molar-refractivity contribution >= 4 is 26.9 Å². The van der Waals surface area contributed by atoms with Crippen molar-refractivity contribution < 1.29 is 22.4 Å². The van der Waals surface area contributed by atoms with E-state index in [1.165, 1.54) is 25.3 Å². The van der Waals surface area contributed by atoms with Gasteiger partial charge in [-0.25, -0.2) is 8.42 Å². The monoisotopic (exact) mass is 428 g/mol. The summed E-state index contributed by atoms with van der Waals surface area (Å²) in [4.78, 5) is 12.7. The Morgan fingerprint density at radius 2 is 1.93 bits per heavy atom. The van der Waals surface area contributed by atoms with E-state index in [9.17, 15) is 13.2 Å². The summed E-state index contributed by atoms with van der Waals surface area (Å²) in [6, 6.07) is 15.0. The number of furan rings is 1. The van der Waals surface area contributed by atoms with Crippen LogP contribution in [0.15, 0.2) is 76.6 Å². The number of carbonyl (C=O) groups is 1. The first kappa shape index (κ1) is 21.6. The topological polar surface area (TPSA) is 88.9 Å². The number of carbonyl (C=O) groups excluding carboxylic acids is 1. The van der Waals surface area contributed by atoms with Gasteiger partial charge >= 0.3 is 0 Å². The predicted octanol–water partition coefficient (Wildman–Crippen LogP) is 3.50. The van der Waals surface area contributed by atoms with E-state index in [-0.39, 0.29) is 18.0 Å². The molecule has 2 aromatic carbocycles. The third-order valence-electron chi connectivity index (χ3n) is 4.60. The van der Waals surface area contributed by atoms with Gasteiger partial charge in [-0.1, -0.05) is 24.3 Å². The average molecular weight is 429 g/mol. The molecule has 158 valence electrons. The molecule has 1 unspecified atom stereocenters. The molecule has 8 heteroatoms. The molecule has 0 fully saturated rings. The summed E-state index contributed by atoms with van der Waals surface area (Å²) in [5, 5.41) is 3.73. The molecule has 1 amide bonds. The number of amides is 1. The molecule has 7 nitrogen and oxygen atoms in total. The number of fused-ring (bicyclic) bond motifs is 1. The van der Waals surface area contributed by atoms with Crippen LogP contribution < -0.4 is 10.1 Å². The van der Waals surface area contributed by atoms with Crippen LogP contribution in [0.25, 0.3) is 11.0 Å². The van der Waals surface area contributed by atoms with E-state index in [2.05, 4.69) is 11.9 Å². The summed E-state index contributed by atoms with van der Waals surface area (Å²) >= 11 is 0. The molecule has 0 saturated carbocycles. The largest absolute Gasteiger partial charge is 0.497 e. The van der Waals surface area contributed by atoms with Crippen LogP contribution in [-0.2, 0) is 14.8 Å². The standard InChI is InChI=1S/C22H24N2O5S/c1-4-13-24(30(26,27)19-11-9-18(28-3)10-12-19)15-22(25)23-16(2)21-14-17-7-5-6-8-20(17)29-21/h4-12,14,16H,1,13,15H2,2-3H3,(H,23,25). The maximum atomic E-state index is 13.0. The Hall–Kier alpha value is -3.10. The minimum atomic E-state index is -3.88. The van der Waals surface area contributed by atoms with Crippen molar-refractivity contribution in [2.45, 2.75) is 17.9 Å². The van der Waals surface area contributed by atoms with E-state index >= 15 is 0 Å². The highest BCUT2D eigenvalue weighted by Gasteiger charge is 2.26. The number of nitrogens with one attached hydrogen (secondary N) is 1. The van der Waals surface area contributed by atoms with Crippen molar-refractivity contribution in [2.24, 2.45) is 0 Å². The molecule has 0 aliphatic carbocycles. The summed E-state index contributed by atoms with van der Waals surface area (Å²) in [6.45, 7) is 5.04. The number of ether oxygens (including phenoxy) is 1. The Bertz CT molecular complexity index is 1100. The lowest BCUT2D eigenvalue weighted by molar-refractivity contribution is -0.122. The number of methoxy groups -OCH3 is 1. The molecule has 0 aliphatic rings. The van der Waals surface area contributed by atoms with Crippen LogP contribution in [0.2, 0.25) is 0 Å². The number of para-hydroxylation sites is 1. The fraction of sp³-hybridized carbons (Fsp3) is 0.227. The van der Waals surface area contributed by atoms with E-state index in [0.717, 1.165) is 15.3 Å². The number of benzene rings is 2. The van der Waals surface area contributed by atoms with Crippen molar-refractivity contribution in [1.29, 1.82) is 0 Å². The van der Waals surface area contributed by atoms with Crippen molar-refractivity contribution in [3.8, 4) is 5.75 Å². The van der Waals surface area contributed by atoms with Gasteiger partial charge in [-0.05, 0) is 43.3 Å². The summed E-state index contributed by atoms with van der Waals surface area (Å²) < 4.78 is 37.8. The molecule has 30 heavy (non-hydrogen) atoms. The summed E-state index contributed by atoms with van der Waals surface area (Å²) in [7, 11) is -2.38. The number of hydrogen-bond acceptors (Lipinski definition) is 5. The van der Waals surface area contributed by atoms with Gasteiger partial charge in [0.2, 0.25) is 15.9 Å². The van der Waals surface area contributed by atoms with Gasteiger partial charge in [0.25, 0.3) is 0 Å². The van der Waals surface area contributed by atoms with Gasteiger partial charge in [-0.15, -0.1) is 6.58 Å². The number of hydrogen-bond donors (Lipinski definition) is 1. The Kier molecular flexibility index (Phi) is 6.59. The highest BCUT2D eigenvalue weighted by atomic mass is 32.2. The molecule has 0 aliphatic heterocycles. The van der Waals surface area contributed by atoms with Crippen molar-refractivity contribution in [2.75, 3.05) is 20.2 Å². The molecule has 0 saturated heterocycles. The minimum absolute atomic E-state index is 0.000795. The molecule has 1 N–H and O–H groups in total. The van der Waals surface area contributed by atoms with E-state index in [1.54, 1.807) is 19.1 Å². The molecule has 3 rings (SSSR count). The van der Waals surface area contributed by atoms with E-state index < -0.39 is 22.0 Å². The summed E-state index contributed by atoms with van der Waals surface area (Å²) in [6.07, 6.45) is 1.44. The fourth-order valence-electron chi connectivity index (χ4n) is 3.02. The van der Waals surface area contributed by atoms with Crippen LogP contribution in [0.1, 0.15) is 18.7 Å². The zero-order valence-electron chi connectivity index (χ0n) is 16.9. The fourth-order valence-corrected chi connectivity index (χ4v) is 4.39. The first-order chi connectivity index (χ1) is 14.3. The molecular weight excluding hydrogens is 404 g/mol. The maximum absolute atomic E-state index is 13.0. The van der Waals surface area contributed by atoms with Crippen LogP contribution in [-0.4, -0.2) is 38.8 Å². The second-order valence-corrected chi connectivity index (χ2v) is 8.68. The number of nitrogens with zero attached hydrogens (tertiary/aromatic N) is 1. The van der Waals surface area contributed by atoms with Gasteiger partial charge in [0.05, 0.1) is 24.6 Å². The smallest absolute Gasteiger partial charge is 0.243 e. The summed E-state index contributed by atoms with van der Waals surface area (Å²) in [5.41, 5.74) is 0.726. The van der Waals surface area contributed by atoms with Gasteiger partial charge in [-0.3, -0.25) is 4.79 Å². The van der Waals surface area contributed by atoms with Crippen LogP contribution in [0.5, 0.6) is 5.75 Å². The van der Waals surface area contributed by atoms with E-state index in [4.69, 9.17) is 9.15 Å². The molecule has 0 spiro atoms. The predicted molar refractivity (Wildman–Crippen MR) is 115 cm³/mol. The van der Waals surface area contributed by atoms with Crippen molar-refractivity contribution in [3.05, 3.63) is 73.0 Å². The lowest BCUT2D eigenvalue weighted by Crippen LogP contribution is -2.41. The van der Waals surface area contributed by atoms with Gasteiger partial charge < -0.3 is 14.5 Å². The van der Waals surface area contributed by atoms with Crippen LogP contribution in [0, 0.1) is 0 Å². The molecule has 1 atom stereocenters. The van der Waals surface area contributed by atoms with Gasteiger partial charge in [0.1, 0.15) is 17.1 Å². The third kappa shape index (κ3) is 4.72. The molecule has 1 heterocycles. The number of sulfonamides is 1. The van der Waals surface area contributed by atoms with Gasteiger partial charge in [0, 0.05) is 11.9 Å². The number of rotatable bonds is 9. The Morgan fingerprint density at radius 1 is 1.23 bits per heavy atom. The van der Waals surface area contributed by atoms with Crippen molar-refractivity contribution in [1.82, 2.24) is 9.62 Å². The SMILES string of the molecule is C=CCN(CC(=O)NC(C)c1cc2ccccc2o1)S(=O)(=O)c1ccc(OC)cc1. The van der Waals surface area contributed by atoms with Gasteiger partial charge in [-0.2, -0.15) is 4.31 Å². The second kappa shape index (κ2) is 9.15. The highest BCUT2D eigenvalue weighted by molar-refractivity contribution is 7.89. The molecular formula is C22H24N2O5S. The van der Waals surface area contributed by atoms with Crippen LogP contribution in [0.4, 0.5) is 0 Å². The molecule has 0 radical (unpaired) electrons. The zero-order chi connectivity index (χ0) is 21.7. The summed E-state index contributed by atoms with van der Waals surface area (Å²) in [5.74, 6) is 0.696. The first-order valence-electron chi connectivity index (χ1n) is 9.38. The zero-order valence-corrected chi connectivity index (χ0v) is 17.7. The Labute approximate surface area is 176 Å². The van der Waals surface area contributed by atoms with Crippen LogP contribution in [0.3, 0.4) is 0 Å². The molecule has 0 bridgehead atoms. The average Bonchev–Trinajstić information content (AvgIpc) is 3.18. The lowest BCUT2D eigenvalue weighted by Gasteiger charge is -2.21. The minimum Gasteiger partial charge on any atom is -0.497 e. The Morgan fingerprint density at radius 3 is 2.57 bits per heavy atom. The lowest BCUT2D eigenvalue weighted by atomic mass is 10.2. The second-order valence-electron chi connectivity index (χ2n) is 6.74. The first-order valence-corrected chi connectivity index (χ1v) is 10.8. The third-order valence-corrected chi connectivity index (χ3v) is 6.42. The Balaban J connectivity index is 1.73. The van der Waals surface area contributed by atoms with Crippen molar-refractivity contribution in [3.63, 3.8) is 0 Å². The van der Waals surface area contributed by atoms with E-state index in [0.29, 0.717) is 11.5 Å². The van der Waals surface area contributed by atoms with Gasteiger partial charge in [0.15, 0.2) is 0 Å². The van der Waals surface area contributed by atoms with Crippen LogP contribution >= 0.6 is 0 Å². The highest BCUT2D eigenvalue weighted by Crippen LogP contribution is 2.24. The quantitative estimate of drug-likeness (QED) is 0.527. The molecule has 1 aromatic heterocycles. The maximum Gasteiger partial charge on any atom is 0.243 e. The molecule has 3 aromatic rings.